The van der Waals surface area contributed by atoms with Crippen molar-refractivity contribution < 1.29 is 19.8 Å². The van der Waals surface area contributed by atoms with Gasteiger partial charge in [0.2, 0.25) is 5.91 Å². The van der Waals surface area contributed by atoms with Crippen LogP contribution in [0.5, 0.6) is 0 Å². The first-order valence-corrected chi connectivity index (χ1v) is 4.98. The number of carbonyl (C=O) groups excluding carboxylic acids is 1. The molecule has 88 valence electrons. The van der Waals surface area contributed by atoms with Crippen LogP contribution in [0.4, 0.5) is 0 Å². The molecule has 0 aliphatic rings. The van der Waals surface area contributed by atoms with Crippen molar-refractivity contribution in [3.63, 3.8) is 0 Å². The number of hydrogen-bond acceptors (Lipinski definition) is 3. The van der Waals surface area contributed by atoms with Crippen LogP contribution in [-0.4, -0.2) is 45.7 Å². The highest BCUT2D eigenvalue weighted by Gasteiger charge is 2.21. The smallest absolute Gasteiger partial charge is 0.303 e. The average Bonchev–Trinajstić information content (AvgIpc) is 2.08. The van der Waals surface area contributed by atoms with Gasteiger partial charge in [-0.2, -0.15) is 0 Å². The number of likely N-dealkylation sites (N-methyl/N-ethyl adjacent to an activating group) is 1. The summed E-state index contributed by atoms with van der Waals surface area (Å²) in [7, 11) is 0. The molecule has 0 bridgehead atoms. The summed E-state index contributed by atoms with van der Waals surface area (Å²) in [6, 6.07) is 0. The highest BCUT2D eigenvalue weighted by atomic mass is 16.4. The van der Waals surface area contributed by atoms with E-state index in [9.17, 15) is 14.7 Å². The topological polar surface area (TPSA) is 77.8 Å². The van der Waals surface area contributed by atoms with Gasteiger partial charge < -0.3 is 15.1 Å². The van der Waals surface area contributed by atoms with Crippen molar-refractivity contribution in [3.8, 4) is 0 Å². The number of hydrogen-bond donors (Lipinski definition) is 2. The summed E-state index contributed by atoms with van der Waals surface area (Å²) in [5.41, 5.74) is -0.950. The van der Waals surface area contributed by atoms with Crippen LogP contribution in [0.25, 0.3) is 0 Å². The first-order valence-electron chi connectivity index (χ1n) is 4.98. The molecule has 5 heteroatoms. The summed E-state index contributed by atoms with van der Waals surface area (Å²) in [5.74, 6) is -1.22. The minimum atomic E-state index is -0.984. The second-order valence-electron chi connectivity index (χ2n) is 4.11. The van der Waals surface area contributed by atoms with E-state index >= 15 is 0 Å². The van der Waals surface area contributed by atoms with Gasteiger partial charge in [0.15, 0.2) is 0 Å². The van der Waals surface area contributed by atoms with Gasteiger partial charge in [-0.3, -0.25) is 9.59 Å². The molecule has 0 rings (SSSR count). The molecule has 0 unspecified atom stereocenters. The molecule has 0 saturated heterocycles. The number of amides is 1. The highest BCUT2D eigenvalue weighted by Crippen LogP contribution is 2.07. The molecule has 0 aliphatic heterocycles. The van der Waals surface area contributed by atoms with E-state index in [2.05, 4.69) is 0 Å². The Hall–Kier alpha value is -1.10. The molecule has 0 aliphatic carbocycles. The van der Waals surface area contributed by atoms with Crippen molar-refractivity contribution in [3.05, 3.63) is 0 Å². The molecule has 0 aromatic rings. The monoisotopic (exact) mass is 217 g/mol. The molecule has 1 amide bonds. The molecular formula is C10H19NO4. The highest BCUT2D eigenvalue weighted by molar-refractivity contribution is 5.80. The molecule has 0 aromatic heterocycles. The molecule has 0 atom stereocenters. The lowest BCUT2D eigenvalue weighted by Crippen LogP contribution is -2.42. The summed E-state index contributed by atoms with van der Waals surface area (Å²) in [6.07, 6.45) is -0.180. The lowest BCUT2D eigenvalue weighted by Gasteiger charge is -2.28. The first-order chi connectivity index (χ1) is 6.76. The number of aliphatic hydroxyl groups is 1. The summed E-state index contributed by atoms with van der Waals surface area (Å²) in [4.78, 5) is 23.2. The summed E-state index contributed by atoms with van der Waals surface area (Å²) < 4.78 is 0. The van der Waals surface area contributed by atoms with E-state index in [0.29, 0.717) is 6.54 Å². The van der Waals surface area contributed by atoms with Crippen molar-refractivity contribution in [2.45, 2.75) is 39.2 Å². The van der Waals surface area contributed by atoms with Gasteiger partial charge >= 0.3 is 5.97 Å². The van der Waals surface area contributed by atoms with Crippen LogP contribution in [0, 0.1) is 0 Å². The molecule has 0 spiro atoms. The Morgan fingerprint density at radius 2 is 1.80 bits per heavy atom. The van der Waals surface area contributed by atoms with E-state index in [1.165, 1.54) is 4.90 Å². The van der Waals surface area contributed by atoms with Crippen LogP contribution >= 0.6 is 0 Å². The lowest BCUT2D eigenvalue weighted by molar-refractivity contribution is -0.141. The fourth-order valence-electron chi connectivity index (χ4n) is 1.22. The quantitative estimate of drug-likeness (QED) is 0.678. The second-order valence-corrected chi connectivity index (χ2v) is 4.11. The van der Waals surface area contributed by atoms with Gasteiger partial charge in [-0.05, 0) is 20.8 Å². The molecule has 0 heterocycles. The van der Waals surface area contributed by atoms with E-state index in [0.717, 1.165) is 0 Å². The third-order valence-electron chi connectivity index (χ3n) is 1.86. The van der Waals surface area contributed by atoms with Crippen molar-refractivity contribution in [2.24, 2.45) is 0 Å². The maximum atomic E-state index is 11.5. The summed E-state index contributed by atoms with van der Waals surface area (Å²) >= 11 is 0. The van der Waals surface area contributed by atoms with Crippen LogP contribution in [0.1, 0.15) is 33.6 Å². The molecule has 0 aromatic carbocycles. The van der Waals surface area contributed by atoms with Crippen LogP contribution in [-0.2, 0) is 9.59 Å². The predicted molar refractivity (Wildman–Crippen MR) is 55.4 cm³/mol. The van der Waals surface area contributed by atoms with Gasteiger partial charge in [0, 0.05) is 19.5 Å². The second kappa shape index (κ2) is 5.70. The third kappa shape index (κ3) is 6.90. The third-order valence-corrected chi connectivity index (χ3v) is 1.86. The zero-order chi connectivity index (χ0) is 12.1. The molecule has 5 nitrogen and oxygen atoms in total. The average molecular weight is 217 g/mol. The van der Waals surface area contributed by atoms with Crippen molar-refractivity contribution in [1.29, 1.82) is 0 Å². The molecule has 15 heavy (non-hydrogen) atoms. The van der Waals surface area contributed by atoms with Gasteiger partial charge in [0.1, 0.15) is 0 Å². The Balaban J connectivity index is 4.17. The molecule has 0 fully saturated rings. The van der Waals surface area contributed by atoms with Gasteiger partial charge in [0.05, 0.1) is 12.0 Å². The molecular weight excluding hydrogens is 198 g/mol. The van der Waals surface area contributed by atoms with E-state index < -0.39 is 11.6 Å². The van der Waals surface area contributed by atoms with Crippen LogP contribution in [0.2, 0.25) is 0 Å². The fraction of sp³-hybridized carbons (Fsp3) is 0.800. The van der Waals surface area contributed by atoms with E-state index in [4.69, 9.17) is 5.11 Å². The molecule has 0 radical (unpaired) electrons. The lowest BCUT2D eigenvalue weighted by atomic mass is 10.1. The molecule has 2 N–H and O–H groups in total. The van der Waals surface area contributed by atoms with Crippen LogP contribution in [0.15, 0.2) is 0 Å². The zero-order valence-corrected chi connectivity index (χ0v) is 9.49. The summed E-state index contributed by atoms with van der Waals surface area (Å²) in [5, 5.41) is 18.0. The Bertz CT molecular complexity index is 232. The van der Waals surface area contributed by atoms with E-state index in [-0.39, 0.29) is 25.3 Å². The number of carbonyl (C=O) groups is 2. The Morgan fingerprint density at radius 3 is 2.13 bits per heavy atom. The van der Waals surface area contributed by atoms with Gasteiger partial charge in [0.25, 0.3) is 0 Å². The molecule has 0 saturated carbocycles. The predicted octanol–water partition coefficient (Wildman–Crippen LogP) is 0.471. The summed E-state index contributed by atoms with van der Waals surface area (Å²) in [6.45, 7) is 5.72. The van der Waals surface area contributed by atoms with Gasteiger partial charge in [-0.15, -0.1) is 0 Å². The number of carboxylic acid groups (broad SMARTS) is 1. The maximum Gasteiger partial charge on any atom is 0.303 e. The first kappa shape index (κ1) is 13.9. The minimum Gasteiger partial charge on any atom is -0.481 e. The fourth-order valence-corrected chi connectivity index (χ4v) is 1.22. The van der Waals surface area contributed by atoms with Gasteiger partial charge in [-0.1, -0.05) is 0 Å². The standard InChI is InChI=1S/C10H19NO4/c1-4-11(7-10(2,3)15)8(12)5-6-9(13)14/h15H,4-7H2,1-3H3,(H,13,14). The Labute approximate surface area is 89.7 Å². The normalized spacial score (nSPS) is 11.2. The van der Waals surface area contributed by atoms with Crippen LogP contribution < -0.4 is 0 Å². The Kier molecular flexibility index (Phi) is 5.28. The van der Waals surface area contributed by atoms with E-state index in [1.54, 1.807) is 20.8 Å². The largest absolute Gasteiger partial charge is 0.481 e. The van der Waals surface area contributed by atoms with Crippen LogP contribution in [0.3, 0.4) is 0 Å². The van der Waals surface area contributed by atoms with Gasteiger partial charge in [-0.25, -0.2) is 0 Å². The van der Waals surface area contributed by atoms with E-state index in [1.807, 2.05) is 0 Å². The van der Waals surface area contributed by atoms with Crippen molar-refractivity contribution in [2.75, 3.05) is 13.1 Å². The number of aliphatic carboxylic acids is 1. The van der Waals surface area contributed by atoms with Crippen molar-refractivity contribution >= 4 is 11.9 Å². The number of carboxylic acids is 1. The SMILES string of the molecule is CCN(CC(C)(C)O)C(=O)CCC(=O)O. The maximum absolute atomic E-state index is 11.5. The number of rotatable bonds is 6. The zero-order valence-electron chi connectivity index (χ0n) is 9.49. The minimum absolute atomic E-state index is 0.0146. The number of nitrogens with zero attached hydrogens (tertiary/aromatic N) is 1. The Morgan fingerprint density at radius 1 is 1.27 bits per heavy atom. The van der Waals surface area contributed by atoms with Crippen molar-refractivity contribution in [1.82, 2.24) is 4.90 Å².